The lowest BCUT2D eigenvalue weighted by Crippen LogP contribution is -2.36. The normalized spacial score (nSPS) is 12.6. The second-order valence-corrected chi connectivity index (χ2v) is 3.91. The van der Waals surface area contributed by atoms with Gasteiger partial charge in [0.15, 0.2) is 5.76 Å². The fourth-order valence-corrected chi connectivity index (χ4v) is 1.63. The number of benzene rings is 1. The molecule has 0 aliphatic heterocycles. The topological polar surface area (TPSA) is 62.5 Å². The van der Waals surface area contributed by atoms with E-state index in [-0.39, 0.29) is 24.3 Å². The molecule has 0 saturated heterocycles. The Balaban J connectivity index is 2.19. The predicted octanol–water partition coefficient (Wildman–Crippen LogP) is 1.93. The molecule has 2 rings (SSSR count). The Morgan fingerprint density at radius 3 is 2.88 bits per heavy atom. The van der Waals surface area contributed by atoms with Gasteiger partial charge in [0.25, 0.3) is 5.91 Å². The molecule has 4 nitrogen and oxygen atoms in total. The minimum Gasteiger partial charge on any atom is -0.451 e. The SMILES string of the molecule is CCC(CO)NC(=O)c1cc2ccccc2o1. The number of nitrogens with one attached hydrogen (secondary N) is 1. The third kappa shape index (κ3) is 2.47. The smallest absolute Gasteiger partial charge is 0.287 e. The summed E-state index contributed by atoms with van der Waals surface area (Å²) in [6.07, 6.45) is 0.683. The summed E-state index contributed by atoms with van der Waals surface area (Å²) in [4.78, 5) is 11.8. The third-order valence-electron chi connectivity index (χ3n) is 2.70. The molecule has 0 radical (unpaired) electrons. The molecule has 1 aromatic carbocycles. The van der Waals surface area contributed by atoms with Crippen LogP contribution >= 0.6 is 0 Å². The van der Waals surface area contributed by atoms with E-state index in [1.54, 1.807) is 6.07 Å². The molecule has 0 spiro atoms. The van der Waals surface area contributed by atoms with Crippen molar-refractivity contribution in [1.29, 1.82) is 0 Å². The van der Waals surface area contributed by atoms with Gasteiger partial charge in [-0.25, -0.2) is 0 Å². The Bertz CT molecular complexity index is 481. The number of furan rings is 1. The first-order valence-corrected chi connectivity index (χ1v) is 5.65. The standard InChI is InChI=1S/C13H15NO3/c1-2-10(8-15)14-13(16)12-7-9-5-3-4-6-11(9)17-12/h3-7,10,15H,2,8H2,1H3,(H,14,16). The van der Waals surface area contributed by atoms with Crippen LogP contribution in [-0.2, 0) is 0 Å². The van der Waals surface area contributed by atoms with E-state index in [0.717, 1.165) is 5.39 Å². The number of hydrogen-bond donors (Lipinski definition) is 2. The average Bonchev–Trinajstić information content (AvgIpc) is 2.79. The number of para-hydroxylation sites is 1. The molecule has 90 valence electrons. The van der Waals surface area contributed by atoms with Gasteiger partial charge in [-0.2, -0.15) is 0 Å². The summed E-state index contributed by atoms with van der Waals surface area (Å²) in [7, 11) is 0. The van der Waals surface area contributed by atoms with Crippen molar-refractivity contribution in [2.75, 3.05) is 6.61 Å². The number of amides is 1. The zero-order valence-corrected chi connectivity index (χ0v) is 9.64. The van der Waals surface area contributed by atoms with Gasteiger partial charge < -0.3 is 14.8 Å². The largest absolute Gasteiger partial charge is 0.451 e. The Labute approximate surface area is 99.2 Å². The van der Waals surface area contributed by atoms with E-state index < -0.39 is 0 Å². The van der Waals surface area contributed by atoms with Crippen molar-refractivity contribution in [1.82, 2.24) is 5.32 Å². The first kappa shape index (κ1) is 11.7. The van der Waals surface area contributed by atoms with E-state index >= 15 is 0 Å². The molecule has 0 saturated carbocycles. The van der Waals surface area contributed by atoms with Crippen LogP contribution in [-0.4, -0.2) is 23.7 Å². The molecule has 1 aromatic heterocycles. The van der Waals surface area contributed by atoms with E-state index in [4.69, 9.17) is 9.52 Å². The minimum atomic E-state index is -0.290. The number of carbonyl (C=O) groups is 1. The molecule has 0 aliphatic rings. The lowest BCUT2D eigenvalue weighted by Gasteiger charge is -2.12. The maximum absolute atomic E-state index is 11.8. The van der Waals surface area contributed by atoms with Crippen LogP contribution in [0.4, 0.5) is 0 Å². The first-order valence-electron chi connectivity index (χ1n) is 5.65. The van der Waals surface area contributed by atoms with Crippen molar-refractivity contribution in [3.8, 4) is 0 Å². The zero-order valence-electron chi connectivity index (χ0n) is 9.64. The molecule has 17 heavy (non-hydrogen) atoms. The molecular weight excluding hydrogens is 218 g/mol. The van der Waals surface area contributed by atoms with Gasteiger partial charge in [-0.15, -0.1) is 0 Å². The quantitative estimate of drug-likeness (QED) is 0.848. The van der Waals surface area contributed by atoms with Crippen molar-refractivity contribution in [3.63, 3.8) is 0 Å². The maximum atomic E-state index is 11.8. The van der Waals surface area contributed by atoms with Crippen LogP contribution in [0.5, 0.6) is 0 Å². The van der Waals surface area contributed by atoms with E-state index in [0.29, 0.717) is 12.0 Å². The highest BCUT2D eigenvalue weighted by atomic mass is 16.3. The van der Waals surface area contributed by atoms with Crippen LogP contribution in [0.25, 0.3) is 11.0 Å². The minimum absolute atomic E-state index is 0.0670. The van der Waals surface area contributed by atoms with Crippen LogP contribution < -0.4 is 5.32 Å². The van der Waals surface area contributed by atoms with Crippen molar-refractivity contribution in [2.45, 2.75) is 19.4 Å². The summed E-state index contributed by atoms with van der Waals surface area (Å²) >= 11 is 0. The Kier molecular flexibility index (Phi) is 3.44. The summed E-state index contributed by atoms with van der Waals surface area (Å²) in [5.74, 6) is -0.0137. The Morgan fingerprint density at radius 1 is 1.47 bits per heavy atom. The van der Waals surface area contributed by atoms with Gasteiger partial charge in [0.2, 0.25) is 0 Å². The van der Waals surface area contributed by atoms with Gasteiger partial charge in [-0.3, -0.25) is 4.79 Å². The number of fused-ring (bicyclic) bond motifs is 1. The van der Waals surface area contributed by atoms with Crippen LogP contribution in [0.15, 0.2) is 34.7 Å². The lowest BCUT2D eigenvalue weighted by atomic mass is 10.2. The zero-order chi connectivity index (χ0) is 12.3. The number of rotatable bonds is 4. The molecule has 4 heteroatoms. The highest BCUT2D eigenvalue weighted by Crippen LogP contribution is 2.18. The fraction of sp³-hybridized carbons (Fsp3) is 0.308. The van der Waals surface area contributed by atoms with E-state index in [1.165, 1.54) is 0 Å². The van der Waals surface area contributed by atoms with Gasteiger partial charge in [-0.05, 0) is 18.6 Å². The van der Waals surface area contributed by atoms with Gasteiger partial charge in [0.05, 0.1) is 12.6 Å². The van der Waals surface area contributed by atoms with Crippen molar-refractivity contribution in [2.24, 2.45) is 0 Å². The maximum Gasteiger partial charge on any atom is 0.287 e. The van der Waals surface area contributed by atoms with Crippen molar-refractivity contribution in [3.05, 3.63) is 36.1 Å². The highest BCUT2D eigenvalue weighted by Gasteiger charge is 2.15. The highest BCUT2D eigenvalue weighted by molar-refractivity contribution is 5.96. The van der Waals surface area contributed by atoms with Crippen LogP contribution in [0.1, 0.15) is 23.9 Å². The van der Waals surface area contributed by atoms with Gasteiger partial charge in [0.1, 0.15) is 5.58 Å². The molecule has 2 N–H and O–H groups in total. The van der Waals surface area contributed by atoms with Crippen LogP contribution in [0, 0.1) is 0 Å². The molecule has 0 fully saturated rings. The van der Waals surface area contributed by atoms with Gasteiger partial charge in [-0.1, -0.05) is 25.1 Å². The van der Waals surface area contributed by atoms with E-state index in [9.17, 15) is 4.79 Å². The van der Waals surface area contributed by atoms with Crippen molar-refractivity contribution >= 4 is 16.9 Å². The Hall–Kier alpha value is -1.81. The average molecular weight is 233 g/mol. The van der Waals surface area contributed by atoms with E-state index in [1.807, 2.05) is 31.2 Å². The molecule has 0 bridgehead atoms. The first-order chi connectivity index (χ1) is 8.24. The number of aliphatic hydroxyl groups is 1. The number of carbonyl (C=O) groups excluding carboxylic acids is 1. The summed E-state index contributed by atoms with van der Waals surface area (Å²) in [6.45, 7) is 1.84. The molecule has 2 aromatic rings. The van der Waals surface area contributed by atoms with Crippen molar-refractivity contribution < 1.29 is 14.3 Å². The summed E-state index contributed by atoms with van der Waals surface area (Å²) in [5.41, 5.74) is 0.690. The lowest BCUT2D eigenvalue weighted by molar-refractivity contribution is 0.0889. The Morgan fingerprint density at radius 2 is 2.24 bits per heavy atom. The van der Waals surface area contributed by atoms with Gasteiger partial charge >= 0.3 is 0 Å². The predicted molar refractivity (Wildman–Crippen MR) is 64.8 cm³/mol. The molecule has 1 heterocycles. The second kappa shape index (κ2) is 5.01. The number of hydrogen-bond acceptors (Lipinski definition) is 3. The summed E-state index contributed by atoms with van der Waals surface area (Å²) in [5, 5.41) is 12.6. The molecule has 1 unspecified atom stereocenters. The van der Waals surface area contributed by atoms with Crippen LogP contribution in [0.3, 0.4) is 0 Å². The molecule has 0 aliphatic carbocycles. The van der Waals surface area contributed by atoms with E-state index in [2.05, 4.69) is 5.32 Å². The third-order valence-corrected chi connectivity index (χ3v) is 2.70. The molecular formula is C13H15NO3. The van der Waals surface area contributed by atoms with Gasteiger partial charge in [0, 0.05) is 5.39 Å². The van der Waals surface area contributed by atoms with Crippen LogP contribution in [0.2, 0.25) is 0 Å². The fourth-order valence-electron chi connectivity index (χ4n) is 1.63. The molecule has 1 amide bonds. The monoisotopic (exact) mass is 233 g/mol. The molecule has 1 atom stereocenters. The second-order valence-electron chi connectivity index (χ2n) is 3.91. The number of aliphatic hydroxyl groups excluding tert-OH is 1. The summed E-state index contributed by atoms with van der Waals surface area (Å²) in [6, 6.07) is 8.93. The summed E-state index contributed by atoms with van der Waals surface area (Å²) < 4.78 is 5.43.